The van der Waals surface area contributed by atoms with Crippen molar-refractivity contribution in [2.75, 3.05) is 6.67 Å². The number of carbonyl (C=O) groups excluding carboxylic acids is 1. The molecule has 0 aromatic heterocycles. The molecule has 0 aliphatic rings. The van der Waals surface area contributed by atoms with E-state index in [0.29, 0.717) is 6.07 Å². The van der Waals surface area contributed by atoms with Gasteiger partial charge in [-0.2, -0.15) is 0 Å². The molecule has 0 N–H and O–H groups in total. The maximum Gasteiger partial charge on any atom is 0.196 e. The molecule has 0 bridgehead atoms. The van der Waals surface area contributed by atoms with Crippen LogP contribution in [0.3, 0.4) is 0 Å². The number of alkyl halides is 1. The summed E-state index contributed by atoms with van der Waals surface area (Å²) in [6, 6.07) is 2.38. The normalized spacial score (nSPS) is 9.92. The van der Waals surface area contributed by atoms with Crippen molar-refractivity contribution in [3.63, 3.8) is 0 Å². The van der Waals surface area contributed by atoms with Gasteiger partial charge >= 0.3 is 0 Å². The highest BCUT2D eigenvalue weighted by Gasteiger charge is 2.11. The standard InChI is InChI=1S/C8H5F3O/c9-4-8(12)6-2-1-5(10)3-7(6)11/h1-3H,4H2. The second kappa shape index (κ2) is 3.38. The molecule has 1 aromatic rings. The van der Waals surface area contributed by atoms with E-state index in [-0.39, 0.29) is 0 Å². The molecule has 12 heavy (non-hydrogen) atoms. The largest absolute Gasteiger partial charge is 0.291 e. The van der Waals surface area contributed by atoms with E-state index < -0.39 is 29.7 Å². The Hall–Kier alpha value is -1.32. The third-order valence-electron chi connectivity index (χ3n) is 1.35. The zero-order valence-electron chi connectivity index (χ0n) is 5.98. The van der Waals surface area contributed by atoms with Crippen molar-refractivity contribution < 1.29 is 18.0 Å². The predicted molar refractivity (Wildman–Crippen MR) is 36.7 cm³/mol. The molecule has 0 unspecified atom stereocenters. The van der Waals surface area contributed by atoms with Gasteiger partial charge in [-0.1, -0.05) is 0 Å². The number of ketones is 1. The highest BCUT2D eigenvalue weighted by Crippen LogP contribution is 2.10. The molecule has 0 amide bonds. The van der Waals surface area contributed by atoms with Crippen LogP contribution in [0.1, 0.15) is 10.4 Å². The van der Waals surface area contributed by atoms with Gasteiger partial charge in [0.05, 0.1) is 5.56 Å². The van der Waals surface area contributed by atoms with Crippen molar-refractivity contribution in [3.05, 3.63) is 35.4 Å². The highest BCUT2D eigenvalue weighted by atomic mass is 19.1. The second-order valence-corrected chi connectivity index (χ2v) is 2.18. The Kier molecular flexibility index (Phi) is 2.47. The maximum absolute atomic E-state index is 12.7. The molecule has 64 valence electrons. The Morgan fingerprint density at radius 2 is 2.00 bits per heavy atom. The number of benzene rings is 1. The monoisotopic (exact) mass is 174 g/mol. The van der Waals surface area contributed by atoms with Gasteiger partial charge in [-0.3, -0.25) is 4.79 Å². The van der Waals surface area contributed by atoms with E-state index in [0.717, 1.165) is 12.1 Å². The summed E-state index contributed by atoms with van der Waals surface area (Å²) in [7, 11) is 0. The Labute approximate surface area is 66.8 Å². The van der Waals surface area contributed by atoms with Gasteiger partial charge < -0.3 is 0 Å². The number of halogens is 3. The molecule has 0 heterocycles. The van der Waals surface area contributed by atoms with Crippen molar-refractivity contribution >= 4 is 5.78 Å². The Morgan fingerprint density at radius 3 is 2.50 bits per heavy atom. The molecule has 0 saturated carbocycles. The molecule has 1 rings (SSSR count). The minimum atomic E-state index is -1.28. The lowest BCUT2D eigenvalue weighted by Gasteiger charge is -1.97. The summed E-state index contributed by atoms with van der Waals surface area (Å²) in [4.78, 5) is 10.6. The number of carbonyl (C=O) groups is 1. The van der Waals surface area contributed by atoms with Crippen LogP contribution in [0.2, 0.25) is 0 Å². The van der Waals surface area contributed by atoms with Crippen LogP contribution >= 0.6 is 0 Å². The zero-order valence-corrected chi connectivity index (χ0v) is 5.98. The molecule has 1 nitrogen and oxygen atoms in total. The van der Waals surface area contributed by atoms with Crippen LogP contribution in [0.15, 0.2) is 18.2 Å². The number of Topliss-reactive ketones (excluding diaryl/α,β-unsaturated/α-hetero) is 1. The Bertz CT molecular complexity index is 309. The van der Waals surface area contributed by atoms with Gasteiger partial charge in [0.2, 0.25) is 0 Å². The third kappa shape index (κ3) is 1.64. The van der Waals surface area contributed by atoms with Crippen LogP contribution in [-0.4, -0.2) is 12.5 Å². The highest BCUT2D eigenvalue weighted by molar-refractivity contribution is 5.97. The van der Waals surface area contributed by atoms with Crippen LogP contribution < -0.4 is 0 Å². The fourth-order valence-electron chi connectivity index (χ4n) is 0.788. The zero-order chi connectivity index (χ0) is 9.14. The summed E-state index contributed by atoms with van der Waals surface area (Å²) in [5.74, 6) is -2.80. The van der Waals surface area contributed by atoms with Gasteiger partial charge in [0, 0.05) is 6.07 Å². The van der Waals surface area contributed by atoms with E-state index in [1.807, 2.05) is 0 Å². The predicted octanol–water partition coefficient (Wildman–Crippen LogP) is 2.12. The Balaban J connectivity index is 3.09. The summed E-state index contributed by atoms with van der Waals surface area (Å²) in [5.41, 5.74) is -0.418. The first kappa shape index (κ1) is 8.77. The summed E-state index contributed by atoms with van der Waals surface area (Å²) < 4.78 is 36.7. The first-order valence-electron chi connectivity index (χ1n) is 3.19. The summed E-state index contributed by atoms with van der Waals surface area (Å²) in [5, 5.41) is 0. The molecule has 1 aromatic carbocycles. The summed E-state index contributed by atoms with van der Waals surface area (Å²) >= 11 is 0. The van der Waals surface area contributed by atoms with Crippen molar-refractivity contribution in [1.29, 1.82) is 0 Å². The van der Waals surface area contributed by atoms with Crippen molar-refractivity contribution in [3.8, 4) is 0 Å². The number of rotatable bonds is 2. The minimum absolute atomic E-state index is 0.418. The van der Waals surface area contributed by atoms with Crippen LogP contribution in [0, 0.1) is 11.6 Å². The average molecular weight is 174 g/mol. The van der Waals surface area contributed by atoms with Crippen molar-refractivity contribution in [1.82, 2.24) is 0 Å². The van der Waals surface area contributed by atoms with E-state index in [9.17, 15) is 18.0 Å². The molecule has 4 heteroatoms. The lowest BCUT2D eigenvalue weighted by atomic mass is 10.1. The van der Waals surface area contributed by atoms with Gasteiger partial charge in [0.15, 0.2) is 12.5 Å². The molecule has 0 radical (unpaired) electrons. The van der Waals surface area contributed by atoms with Crippen LogP contribution in [0.4, 0.5) is 13.2 Å². The third-order valence-corrected chi connectivity index (χ3v) is 1.35. The molecule has 0 aliphatic heterocycles. The van der Waals surface area contributed by atoms with Crippen LogP contribution in [-0.2, 0) is 0 Å². The fourth-order valence-corrected chi connectivity index (χ4v) is 0.788. The molecule has 0 spiro atoms. The topological polar surface area (TPSA) is 17.1 Å². The number of hydrogen-bond donors (Lipinski definition) is 0. The quantitative estimate of drug-likeness (QED) is 0.627. The van der Waals surface area contributed by atoms with Gasteiger partial charge in [-0.15, -0.1) is 0 Å². The van der Waals surface area contributed by atoms with Gasteiger partial charge in [0.1, 0.15) is 11.6 Å². The molecular formula is C8H5F3O. The second-order valence-electron chi connectivity index (χ2n) is 2.18. The van der Waals surface area contributed by atoms with Crippen molar-refractivity contribution in [2.45, 2.75) is 0 Å². The van der Waals surface area contributed by atoms with E-state index >= 15 is 0 Å². The first-order chi connectivity index (χ1) is 5.65. The van der Waals surface area contributed by atoms with Crippen molar-refractivity contribution in [2.24, 2.45) is 0 Å². The lowest BCUT2D eigenvalue weighted by Crippen LogP contribution is -2.04. The average Bonchev–Trinajstić information content (AvgIpc) is 2.03. The SMILES string of the molecule is O=C(CF)c1ccc(F)cc1F. The summed E-state index contributed by atoms with van der Waals surface area (Å²) in [6.45, 7) is -1.28. The summed E-state index contributed by atoms with van der Waals surface area (Å²) in [6.07, 6.45) is 0. The van der Waals surface area contributed by atoms with E-state index in [1.54, 1.807) is 0 Å². The molecule has 0 saturated heterocycles. The molecule has 0 atom stereocenters. The minimum Gasteiger partial charge on any atom is -0.291 e. The van der Waals surface area contributed by atoms with Gasteiger partial charge in [-0.05, 0) is 12.1 Å². The Morgan fingerprint density at radius 1 is 1.33 bits per heavy atom. The van der Waals surface area contributed by atoms with E-state index in [4.69, 9.17) is 0 Å². The maximum atomic E-state index is 12.7. The lowest BCUT2D eigenvalue weighted by molar-refractivity contribution is 0.0954. The van der Waals surface area contributed by atoms with Gasteiger partial charge in [0.25, 0.3) is 0 Å². The molecular weight excluding hydrogens is 169 g/mol. The first-order valence-corrected chi connectivity index (χ1v) is 3.19. The van der Waals surface area contributed by atoms with E-state index in [2.05, 4.69) is 0 Å². The smallest absolute Gasteiger partial charge is 0.196 e. The fraction of sp³-hybridized carbons (Fsp3) is 0.125. The number of hydrogen-bond acceptors (Lipinski definition) is 1. The van der Waals surface area contributed by atoms with Crippen LogP contribution in [0.5, 0.6) is 0 Å². The van der Waals surface area contributed by atoms with Crippen LogP contribution in [0.25, 0.3) is 0 Å². The molecule has 0 aliphatic carbocycles. The van der Waals surface area contributed by atoms with Gasteiger partial charge in [-0.25, -0.2) is 13.2 Å². The van der Waals surface area contributed by atoms with E-state index in [1.165, 1.54) is 0 Å². The molecule has 0 fully saturated rings.